The molecule has 7 heteroatoms. The normalized spacial score (nSPS) is 14.9. The lowest BCUT2D eigenvalue weighted by Gasteiger charge is -2.32. The molecule has 0 radical (unpaired) electrons. The molecule has 25 heavy (non-hydrogen) atoms. The first-order valence-electron chi connectivity index (χ1n) is 8.57. The molecule has 1 aliphatic heterocycles. The molecule has 0 saturated carbocycles. The van der Waals surface area contributed by atoms with Gasteiger partial charge in [-0.15, -0.1) is 12.4 Å². The number of rotatable bonds is 9. The highest BCUT2D eigenvalue weighted by molar-refractivity contribution is 5.94. The summed E-state index contributed by atoms with van der Waals surface area (Å²) in [7, 11) is 1.63. The first-order valence-corrected chi connectivity index (χ1v) is 8.57. The summed E-state index contributed by atoms with van der Waals surface area (Å²) in [5.74, 6) is 0.741. The summed E-state index contributed by atoms with van der Waals surface area (Å²) in [6.45, 7) is 3.80. The van der Waals surface area contributed by atoms with Crippen LogP contribution in [0.15, 0.2) is 24.3 Å². The Morgan fingerprint density at radius 3 is 2.68 bits per heavy atom. The number of amides is 1. The molecule has 1 fully saturated rings. The van der Waals surface area contributed by atoms with Gasteiger partial charge in [-0.25, -0.2) is 0 Å². The first-order chi connectivity index (χ1) is 11.7. The summed E-state index contributed by atoms with van der Waals surface area (Å²) in [5, 5.41) is 0. The van der Waals surface area contributed by atoms with Crippen LogP contribution in [0.3, 0.4) is 0 Å². The van der Waals surface area contributed by atoms with E-state index in [9.17, 15) is 4.79 Å². The quantitative estimate of drug-likeness (QED) is 0.672. The molecular weight excluding hydrogens is 344 g/mol. The summed E-state index contributed by atoms with van der Waals surface area (Å²) in [6.07, 6.45) is 2.87. The summed E-state index contributed by atoms with van der Waals surface area (Å²) in [6, 6.07) is 7.32. The highest BCUT2D eigenvalue weighted by Crippen LogP contribution is 2.19. The predicted octanol–water partition coefficient (Wildman–Crippen LogP) is 2.10. The van der Waals surface area contributed by atoms with Gasteiger partial charge in [0.05, 0.1) is 12.7 Å². The Balaban J connectivity index is 0.00000312. The highest BCUT2D eigenvalue weighted by atomic mass is 35.5. The fraction of sp³-hybridized carbons (Fsp3) is 0.611. The second-order valence-corrected chi connectivity index (χ2v) is 5.87. The van der Waals surface area contributed by atoms with Crippen LogP contribution >= 0.6 is 12.4 Å². The van der Waals surface area contributed by atoms with Crippen molar-refractivity contribution in [3.63, 3.8) is 0 Å². The molecule has 1 aromatic rings. The van der Waals surface area contributed by atoms with E-state index in [1.54, 1.807) is 13.2 Å². The lowest BCUT2D eigenvalue weighted by atomic mass is 10.1. The molecule has 0 aliphatic carbocycles. The number of hydrogen-bond acceptors (Lipinski definition) is 5. The Hall–Kier alpha value is -1.34. The molecule has 2 N–H and O–H groups in total. The van der Waals surface area contributed by atoms with Crippen molar-refractivity contribution < 1.29 is 19.0 Å². The molecule has 1 amide bonds. The number of piperidine rings is 1. The molecule has 2 rings (SSSR count). The van der Waals surface area contributed by atoms with Crippen molar-refractivity contribution in [2.45, 2.75) is 25.4 Å². The largest absolute Gasteiger partial charge is 0.491 e. The van der Waals surface area contributed by atoms with Gasteiger partial charge in [0, 0.05) is 32.4 Å². The van der Waals surface area contributed by atoms with E-state index in [-0.39, 0.29) is 24.4 Å². The number of hydrogen-bond donors (Lipinski definition) is 1. The summed E-state index contributed by atoms with van der Waals surface area (Å²) < 4.78 is 16.3. The molecule has 6 nitrogen and oxygen atoms in total. The van der Waals surface area contributed by atoms with E-state index in [1.165, 1.54) is 0 Å². The number of methoxy groups -OCH3 is 1. The van der Waals surface area contributed by atoms with Gasteiger partial charge >= 0.3 is 0 Å². The second-order valence-electron chi connectivity index (χ2n) is 5.87. The van der Waals surface area contributed by atoms with Crippen molar-refractivity contribution in [2.75, 3.05) is 46.6 Å². The Morgan fingerprint density at radius 2 is 2.00 bits per heavy atom. The van der Waals surface area contributed by atoms with Gasteiger partial charge in [0.25, 0.3) is 5.91 Å². The maximum atomic E-state index is 12.6. The van der Waals surface area contributed by atoms with Crippen LogP contribution in [0.1, 0.15) is 29.6 Å². The number of benzene rings is 1. The maximum absolute atomic E-state index is 12.6. The van der Waals surface area contributed by atoms with Gasteiger partial charge in [0.1, 0.15) is 12.4 Å². The number of ether oxygens (including phenoxy) is 3. The molecular formula is C18H29ClN2O4. The molecule has 142 valence electrons. The zero-order valence-electron chi connectivity index (χ0n) is 14.8. The van der Waals surface area contributed by atoms with E-state index in [0.29, 0.717) is 37.7 Å². The van der Waals surface area contributed by atoms with Gasteiger partial charge in [0.2, 0.25) is 0 Å². The highest BCUT2D eigenvalue weighted by Gasteiger charge is 2.24. The molecule has 0 atom stereocenters. The van der Waals surface area contributed by atoms with Gasteiger partial charge in [0.15, 0.2) is 0 Å². The predicted molar refractivity (Wildman–Crippen MR) is 99.6 cm³/mol. The minimum absolute atomic E-state index is 0. The van der Waals surface area contributed by atoms with Gasteiger partial charge < -0.3 is 24.8 Å². The number of carbonyl (C=O) groups is 1. The third kappa shape index (κ3) is 7.20. The summed E-state index contributed by atoms with van der Waals surface area (Å²) in [4.78, 5) is 14.5. The SMILES string of the molecule is COCCOc1cccc(C(=O)N2CCC(OCCCN)CC2)c1.Cl. The molecule has 1 aromatic carbocycles. The molecule has 1 saturated heterocycles. The van der Waals surface area contributed by atoms with Crippen molar-refractivity contribution in [3.05, 3.63) is 29.8 Å². The fourth-order valence-electron chi connectivity index (χ4n) is 2.70. The molecule has 0 unspecified atom stereocenters. The van der Waals surface area contributed by atoms with Crippen LogP contribution in [0.25, 0.3) is 0 Å². The van der Waals surface area contributed by atoms with Crippen LogP contribution in [0.5, 0.6) is 5.75 Å². The Bertz CT molecular complexity index is 508. The molecule has 0 spiro atoms. The topological polar surface area (TPSA) is 74.0 Å². The third-order valence-corrected chi connectivity index (χ3v) is 4.07. The monoisotopic (exact) mass is 372 g/mol. The van der Waals surface area contributed by atoms with Gasteiger partial charge in [-0.05, 0) is 44.0 Å². The maximum Gasteiger partial charge on any atom is 0.253 e. The van der Waals surface area contributed by atoms with Crippen LogP contribution in [0, 0.1) is 0 Å². The Labute approximate surface area is 156 Å². The minimum Gasteiger partial charge on any atom is -0.491 e. The van der Waals surface area contributed by atoms with Crippen LogP contribution in [-0.2, 0) is 9.47 Å². The summed E-state index contributed by atoms with van der Waals surface area (Å²) >= 11 is 0. The van der Waals surface area contributed by atoms with Gasteiger partial charge in [-0.1, -0.05) is 6.07 Å². The van der Waals surface area contributed by atoms with Crippen LogP contribution < -0.4 is 10.5 Å². The van der Waals surface area contributed by atoms with E-state index < -0.39 is 0 Å². The van der Waals surface area contributed by atoms with Crippen LogP contribution in [0.4, 0.5) is 0 Å². The molecule has 0 aromatic heterocycles. The van der Waals surface area contributed by atoms with Crippen molar-refractivity contribution in [1.82, 2.24) is 4.90 Å². The number of nitrogens with two attached hydrogens (primary N) is 1. The standard InChI is InChI=1S/C18H28N2O4.ClH/c1-22-12-13-24-17-5-2-4-15(14-17)18(21)20-9-6-16(7-10-20)23-11-3-8-19;/h2,4-5,14,16H,3,6-13,19H2,1H3;1H. The van der Waals surface area contributed by atoms with Crippen molar-refractivity contribution in [2.24, 2.45) is 5.73 Å². The van der Waals surface area contributed by atoms with Gasteiger partial charge in [-0.2, -0.15) is 0 Å². The lowest BCUT2D eigenvalue weighted by molar-refractivity contribution is 0.00843. The second kappa shape index (κ2) is 12.1. The summed E-state index contributed by atoms with van der Waals surface area (Å²) in [5.41, 5.74) is 6.13. The van der Waals surface area contributed by atoms with Crippen molar-refractivity contribution in [1.29, 1.82) is 0 Å². The molecule has 1 heterocycles. The number of nitrogens with zero attached hydrogens (tertiary/aromatic N) is 1. The Kier molecular flexibility index (Phi) is 10.5. The minimum atomic E-state index is 0. The van der Waals surface area contributed by atoms with Gasteiger partial charge in [-0.3, -0.25) is 4.79 Å². The van der Waals surface area contributed by atoms with E-state index >= 15 is 0 Å². The number of likely N-dealkylation sites (tertiary alicyclic amines) is 1. The van der Waals surface area contributed by atoms with Crippen LogP contribution in [-0.4, -0.2) is 63.5 Å². The third-order valence-electron chi connectivity index (χ3n) is 4.07. The smallest absolute Gasteiger partial charge is 0.253 e. The average molecular weight is 373 g/mol. The van der Waals surface area contributed by atoms with E-state index in [0.717, 1.165) is 32.4 Å². The first kappa shape index (κ1) is 21.7. The zero-order valence-corrected chi connectivity index (χ0v) is 15.6. The lowest BCUT2D eigenvalue weighted by Crippen LogP contribution is -2.41. The molecule has 0 bridgehead atoms. The average Bonchev–Trinajstić information content (AvgIpc) is 2.62. The van der Waals surface area contributed by atoms with Crippen LogP contribution in [0.2, 0.25) is 0 Å². The van der Waals surface area contributed by atoms with E-state index in [1.807, 2.05) is 23.1 Å². The fourth-order valence-corrected chi connectivity index (χ4v) is 2.70. The van der Waals surface area contributed by atoms with Crippen molar-refractivity contribution in [3.8, 4) is 5.75 Å². The van der Waals surface area contributed by atoms with Crippen molar-refractivity contribution >= 4 is 18.3 Å². The molecule has 1 aliphatic rings. The number of carbonyl (C=O) groups excluding carboxylic acids is 1. The Morgan fingerprint density at radius 1 is 1.24 bits per heavy atom. The number of halogens is 1. The van der Waals surface area contributed by atoms with E-state index in [2.05, 4.69) is 0 Å². The zero-order chi connectivity index (χ0) is 17.2. The van der Waals surface area contributed by atoms with E-state index in [4.69, 9.17) is 19.9 Å².